The Kier molecular flexibility index (Phi) is 2.86. The van der Waals surface area contributed by atoms with Crippen molar-refractivity contribution in [2.24, 2.45) is 11.1 Å². The number of Topliss-reactive ketones (excluding diaryl/α,β-unsaturated/α-hetero) is 1. The average molecular weight is 226 g/mol. The summed E-state index contributed by atoms with van der Waals surface area (Å²) in [5.74, 6) is 0.150. The minimum absolute atomic E-state index is 0.150. The van der Waals surface area contributed by atoms with Crippen LogP contribution < -0.4 is 5.73 Å². The van der Waals surface area contributed by atoms with Gasteiger partial charge in [-0.25, -0.2) is 0 Å². The Morgan fingerprint density at radius 1 is 1.87 bits per heavy atom. The van der Waals surface area contributed by atoms with Crippen LogP contribution in [0.1, 0.15) is 11.8 Å². The summed E-state index contributed by atoms with van der Waals surface area (Å²) >= 11 is 1.50. The number of ether oxygens (including phenoxy) is 1. The summed E-state index contributed by atoms with van der Waals surface area (Å²) in [7, 11) is 0. The van der Waals surface area contributed by atoms with Crippen molar-refractivity contribution in [1.82, 2.24) is 4.98 Å². The minimum atomic E-state index is -0.524. The van der Waals surface area contributed by atoms with E-state index in [1.165, 1.54) is 11.3 Å². The average Bonchev–Trinajstić information content (AvgIpc) is 2.79. The van der Waals surface area contributed by atoms with Gasteiger partial charge in [-0.05, 0) is 6.92 Å². The van der Waals surface area contributed by atoms with E-state index in [-0.39, 0.29) is 11.8 Å². The zero-order valence-electron chi connectivity index (χ0n) is 8.60. The molecule has 0 aromatic carbocycles. The molecule has 1 aliphatic heterocycles. The van der Waals surface area contributed by atoms with Crippen LogP contribution in [-0.2, 0) is 16.0 Å². The molecule has 0 spiro atoms. The molecule has 4 nitrogen and oxygen atoms in total. The third-order valence-corrected chi connectivity index (χ3v) is 3.75. The number of hydrogen-bond acceptors (Lipinski definition) is 5. The van der Waals surface area contributed by atoms with E-state index in [1.54, 1.807) is 11.7 Å². The summed E-state index contributed by atoms with van der Waals surface area (Å²) in [6.45, 7) is 2.80. The van der Waals surface area contributed by atoms with Gasteiger partial charge in [-0.3, -0.25) is 9.78 Å². The molecule has 1 aromatic rings. The van der Waals surface area contributed by atoms with Gasteiger partial charge in [0.15, 0.2) is 0 Å². The topological polar surface area (TPSA) is 65.2 Å². The van der Waals surface area contributed by atoms with Gasteiger partial charge in [0.2, 0.25) is 0 Å². The van der Waals surface area contributed by atoms with Gasteiger partial charge in [0.1, 0.15) is 5.78 Å². The normalized spacial score (nSPS) is 30.7. The van der Waals surface area contributed by atoms with Gasteiger partial charge in [0.05, 0.1) is 24.1 Å². The maximum Gasteiger partial charge on any atom is 0.147 e. The van der Waals surface area contributed by atoms with E-state index in [2.05, 4.69) is 4.98 Å². The Balaban J connectivity index is 2.07. The van der Waals surface area contributed by atoms with Gasteiger partial charge in [-0.1, -0.05) is 0 Å². The quantitative estimate of drug-likeness (QED) is 0.820. The van der Waals surface area contributed by atoms with Crippen molar-refractivity contribution in [2.45, 2.75) is 19.4 Å². The third-order valence-electron chi connectivity index (χ3n) is 2.97. The van der Waals surface area contributed by atoms with Crippen LogP contribution in [0.15, 0.2) is 11.7 Å². The first-order chi connectivity index (χ1) is 7.13. The zero-order valence-corrected chi connectivity index (χ0v) is 9.42. The van der Waals surface area contributed by atoms with Crippen LogP contribution in [0.25, 0.3) is 0 Å². The van der Waals surface area contributed by atoms with E-state index in [1.807, 2.05) is 6.92 Å². The molecular formula is C10H14N2O2S. The molecule has 1 aliphatic rings. The predicted octanol–water partition coefficient (Wildman–Crippen LogP) is 0.619. The second-order valence-electron chi connectivity index (χ2n) is 4.11. The molecule has 1 saturated heterocycles. The van der Waals surface area contributed by atoms with Crippen molar-refractivity contribution in [2.75, 3.05) is 13.2 Å². The number of ketones is 1. The largest absolute Gasteiger partial charge is 0.379 e. The molecule has 0 bridgehead atoms. The molecule has 0 amide bonds. The molecule has 0 radical (unpaired) electrons. The Labute approximate surface area is 92.5 Å². The van der Waals surface area contributed by atoms with E-state index in [9.17, 15) is 4.79 Å². The molecule has 15 heavy (non-hydrogen) atoms. The summed E-state index contributed by atoms with van der Waals surface area (Å²) in [6, 6.07) is -0.182. The van der Waals surface area contributed by atoms with Crippen LogP contribution in [0, 0.1) is 5.41 Å². The third kappa shape index (κ3) is 1.95. The van der Waals surface area contributed by atoms with Crippen molar-refractivity contribution in [3.8, 4) is 0 Å². The van der Waals surface area contributed by atoms with Gasteiger partial charge < -0.3 is 10.5 Å². The summed E-state index contributed by atoms with van der Waals surface area (Å²) in [4.78, 5) is 17.0. The lowest BCUT2D eigenvalue weighted by Crippen LogP contribution is -2.45. The van der Waals surface area contributed by atoms with E-state index < -0.39 is 5.41 Å². The number of thiazole rings is 1. The van der Waals surface area contributed by atoms with Gasteiger partial charge in [0, 0.05) is 23.5 Å². The smallest absolute Gasteiger partial charge is 0.147 e. The van der Waals surface area contributed by atoms with Crippen LogP contribution in [-0.4, -0.2) is 30.0 Å². The molecule has 82 valence electrons. The number of nitrogens with zero attached hydrogens (tertiary/aromatic N) is 1. The Morgan fingerprint density at radius 3 is 3.20 bits per heavy atom. The molecule has 0 saturated carbocycles. The highest BCUT2D eigenvalue weighted by Crippen LogP contribution is 2.29. The lowest BCUT2D eigenvalue weighted by atomic mass is 9.80. The van der Waals surface area contributed by atoms with E-state index in [4.69, 9.17) is 10.5 Å². The van der Waals surface area contributed by atoms with E-state index >= 15 is 0 Å². The van der Waals surface area contributed by atoms with Gasteiger partial charge >= 0.3 is 0 Å². The maximum atomic E-state index is 12.1. The van der Waals surface area contributed by atoms with Crippen LogP contribution >= 0.6 is 11.3 Å². The van der Waals surface area contributed by atoms with Crippen molar-refractivity contribution < 1.29 is 9.53 Å². The molecule has 5 heteroatoms. The van der Waals surface area contributed by atoms with Crippen LogP contribution in [0.4, 0.5) is 0 Å². The Bertz CT molecular complexity index is 352. The number of carbonyl (C=O) groups excluding carboxylic acids is 1. The molecule has 1 fully saturated rings. The molecular weight excluding hydrogens is 212 g/mol. The monoisotopic (exact) mass is 226 g/mol. The minimum Gasteiger partial charge on any atom is -0.379 e. The molecule has 2 heterocycles. The molecule has 2 N–H and O–H groups in total. The molecule has 2 unspecified atom stereocenters. The number of nitrogens with two attached hydrogens (primary N) is 1. The predicted molar refractivity (Wildman–Crippen MR) is 57.7 cm³/mol. The van der Waals surface area contributed by atoms with Crippen LogP contribution in [0.3, 0.4) is 0 Å². The highest BCUT2D eigenvalue weighted by atomic mass is 32.1. The standard InChI is InChI=1S/C10H14N2O2S/c1-10(5-14-4-8(10)11)9(13)2-7-3-12-6-15-7/h3,6,8H,2,4-5,11H2,1H3. The SMILES string of the molecule is CC1(C(=O)Cc2cncs2)COCC1N. The van der Waals surface area contributed by atoms with Crippen molar-refractivity contribution in [1.29, 1.82) is 0 Å². The fourth-order valence-corrected chi connectivity index (χ4v) is 2.26. The molecule has 2 atom stereocenters. The molecule has 0 aliphatic carbocycles. The van der Waals surface area contributed by atoms with E-state index in [0.717, 1.165) is 4.88 Å². The van der Waals surface area contributed by atoms with Crippen molar-refractivity contribution in [3.05, 3.63) is 16.6 Å². The Hall–Kier alpha value is -0.780. The first-order valence-corrected chi connectivity index (χ1v) is 5.75. The second kappa shape index (κ2) is 4.00. The molecule has 2 rings (SSSR count). The fraction of sp³-hybridized carbons (Fsp3) is 0.600. The highest BCUT2D eigenvalue weighted by molar-refractivity contribution is 7.09. The summed E-state index contributed by atoms with van der Waals surface area (Å²) in [5, 5.41) is 0. The Morgan fingerprint density at radius 2 is 2.67 bits per heavy atom. The molecule has 1 aromatic heterocycles. The van der Waals surface area contributed by atoms with Crippen LogP contribution in [0.2, 0.25) is 0 Å². The highest BCUT2D eigenvalue weighted by Gasteiger charge is 2.43. The van der Waals surface area contributed by atoms with E-state index in [0.29, 0.717) is 19.6 Å². The first-order valence-electron chi connectivity index (χ1n) is 4.87. The lowest BCUT2D eigenvalue weighted by Gasteiger charge is -2.24. The summed E-state index contributed by atoms with van der Waals surface area (Å²) in [5.41, 5.74) is 7.09. The maximum absolute atomic E-state index is 12.1. The number of rotatable bonds is 3. The van der Waals surface area contributed by atoms with Crippen molar-refractivity contribution in [3.63, 3.8) is 0 Å². The zero-order chi connectivity index (χ0) is 10.9. The number of carbonyl (C=O) groups is 1. The summed E-state index contributed by atoms with van der Waals surface area (Å²) in [6.07, 6.45) is 2.14. The first kappa shape index (κ1) is 10.7. The van der Waals surface area contributed by atoms with Gasteiger partial charge in [-0.2, -0.15) is 0 Å². The van der Waals surface area contributed by atoms with Gasteiger partial charge in [0.25, 0.3) is 0 Å². The second-order valence-corrected chi connectivity index (χ2v) is 5.08. The lowest BCUT2D eigenvalue weighted by molar-refractivity contribution is -0.127. The number of aromatic nitrogens is 1. The van der Waals surface area contributed by atoms with Crippen molar-refractivity contribution >= 4 is 17.1 Å². The van der Waals surface area contributed by atoms with Gasteiger partial charge in [-0.15, -0.1) is 11.3 Å². The number of hydrogen-bond donors (Lipinski definition) is 1. The fourth-order valence-electron chi connectivity index (χ4n) is 1.67. The van der Waals surface area contributed by atoms with Crippen LogP contribution in [0.5, 0.6) is 0 Å². The summed E-state index contributed by atoms with van der Waals surface area (Å²) < 4.78 is 5.25.